The molecule has 21 heavy (non-hydrogen) atoms. The summed E-state index contributed by atoms with van der Waals surface area (Å²) in [5, 5.41) is 3.05. The maximum absolute atomic E-state index is 12.2. The molecule has 0 saturated carbocycles. The molecule has 0 radical (unpaired) electrons. The van der Waals surface area contributed by atoms with Gasteiger partial charge in [-0.2, -0.15) is 0 Å². The van der Waals surface area contributed by atoms with Crippen LogP contribution in [0.3, 0.4) is 0 Å². The van der Waals surface area contributed by atoms with Crippen LogP contribution in [0.4, 0.5) is 0 Å². The van der Waals surface area contributed by atoms with Crippen LogP contribution in [0.25, 0.3) is 0 Å². The summed E-state index contributed by atoms with van der Waals surface area (Å²) in [5.41, 5.74) is 2.68. The summed E-state index contributed by atoms with van der Waals surface area (Å²) in [6.07, 6.45) is 6.11. The number of rotatable bonds is 6. The van der Waals surface area contributed by atoms with Gasteiger partial charge in [0.1, 0.15) is 5.75 Å². The lowest BCUT2D eigenvalue weighted by Gasteiger charge is -2.23. The van der Waals surface area contributed by atoms with Gasteiger partial charge in [0.15, 0.2) is 6.10 Å². The molecular weight excluding hydrogens is 262 g/mol. The number of nitrogens with one attached hydrogen (secondary N) is 1. The predicted octanol–water partition coefficient (Wildman–Crippen LogP) is 3.64. The lowest BCUT2D eigenvalue weighted by molar-refractivity contribution is -0.128. The predicted molar refractivity (Wildman–Crippen MR) is 85.7 cm³/mol. The van der Waals surface area contributed by atoms with Crippen molar-refractivity contribution in [3.63, 3.8) is 0 Å². The van der Waals surface area contributed by atoms with Crippen molar-refractivity contribution in [2.45, 2.75) is 71.4 Å². The first kappa shape index (κ1) is 15.9. The van der Waals surface area contributed by atoms with E-state index >= 15 is 0 Å². The minimum Gasteiger partial charge on any atom is -0.481 e. The molecule has 0 aliphatic heterocycles. The molecule has 2 rings (SSSR count). The topological polar surface area (TPSA) is 38.3 Å². The van der Waals surface area contributed by atoms with E-state index < -0.39 is 6.10 Å². The van der Waals surface area contributed by atoms with Gasteiger partial charge in [-0.3, -0.25) is 4.79 Å². The van der Waals surface area contributed by atoms with E-state index in [9.17, 15) is 4.79 Å². The first-order chi connectivity index (χ1) is 10.2. The molecule has 1 N–H and O–H groups in total. The highest BCUT2D eigenvalue weighted by Crippen LogP contribution is 2.30. The zero-order valence-electron chi connectivity index (χ0n) is 13.4. The second-order valence-corrected chi connectivity index (χ2v) is 5.88. The number of hydrogen-bond acceptors (Lipinski definition) is 2. The van der Waals surface area contributed by atoms with Crippen molar-refractivity contribution in [1.82, 2.24) is 5.32 Å². The van der Waals surface area contributed by atoms with Crippen molar-refractivity contribution in [2.24, 2.45) is 0 Å². The first-order valence-corrected chi connectivity index (χ1v) is 8.23. The van der Waals surface area contributed by atoms with Crippen molar-refractivity contribution in [3.8, 4) is 5.75 Å². The summed E-state index contributed by atoms with van der Waals surface area (Å²) in [7, 11) is 0. The fourth-order valence-corrected chi connectivity index (χ4v) is 2.91. The van der Waals surface area contributed by atoms with Gasteiger partial charge >= 0.3 is 0 Å². The van der Waals surface area contributed by atoms with Crippen LogP contribution < -0.4 is 10.1 Å². The third-order valence-electron chi connectivity index (χ3n) is 4.36. The van der Waals surface area contributed by atoms with Crippen molar-refractivity contribution in [3.05, 3.63) is 29.3 Å². The number of benzene rings is 1. The van der Waals surface area contributed by atoms with E-state index in [1.165, 1.54) is 24.0 Å². The Bertz CT molecular complexity index is 480. The number of ether oxygens (including phenoxy) is 1. The average Bonchev–Trinajstić information content (AvgIpc) is 2.52. The summed E-state index contributed by atoms with van der Waals surface area (Å²) in [5.74, 6) is 0.872. The third kappa shape index (κ3) is 3.99. The molecule has 0 bridgehead atoms. The van der Waals surface area contributed by atoms with Crippen molar-refractivity contribution >= 4 is 5.91 Å². The Morgan fingerprint density at radius 1 is 1.24 bits per heavy atom. The van der Waals surface area contributed by atoms with Crippen LogP contribution in [0.1, 0.15) is 57.6 Å². The van der Waals surface area contributed by atoms with E-state index in [0.29, 0.717) is 0 Å². The summed E-state index contributed by atoms with van der Waals surface area (Å²) >= 11 is 0. The highest BCUT2D eigenvalue weighted by Gasteiger charge is 2.20. The highest BCUT2D eigenvalue weighted by atomic mass is 16.5. The molecule has 0 unspecified atom stereocenters. The molecule has 116 valence electrons. The molecule has 1 aliphatic carbocycles. The number of fused-ring (bicyclic) bond motifs is 1. The SMILES string of the molecule is CCC(CC)NC(=O)[C@H](C)Oc1cccc2c1CCCC2. The molecule has 0 fully saturated rings. The number of amides is 1. The molecule has 0 saturated heterocycles. The van der Waals surface area contributed by atoms with Crippen molar-refractivity contribution in [2.75, 3.05) is 0 Å². The second kappa shape index (κ2) is 7.48. The molecule has 1 amide bonds. The standard InChI is InChI=1S/C18H27NO2/c1-4-15(5-2)19-18(20)13(3)21-17-12-8-10-14-9-6-7-11-16(14)17/h8,10,12-13,15H,4-7,9,11H2,1-3H3,(H,19,20)/t13-/m0/s1. The molecule has 3 heteroatoms. The largest absolute Gasteiger partial charge is 0.481 e. The number of aryl methyl sites for hydroxylation is 1. The van der Waals surface area contributed by atoms with E-state index in [1.54, 1.807) is 0 Å². The van der Waals surface area contributed by atoms with Crippen LogP contribution in [0.2, 0.25) is 0 Å². The second-order valence-electron chi connectivity index (χ2n) is 5.88. The summed E-state index contributed by atoms with van der Waals surface area (Å²) < 4.78 is 5.95. The molecular formula is C18H27NO2. The van der Waals surface area contributed by atoms with Gasteiger partial charge in [-0.1, -0.05) is 26.0 Å². The molecule has 1 aromatic rings. The lowest BCUT2D eigenvalue weighted by Crippen LogP contribution is -2.42. The van der Waals surface area contributed by atoms with Crippen LogP contribution in [-0.2, 0) is 17.6 Å². The maximum Gasteiger partial charge on any atom is 0.260 e. The molecule has 1 aromatic carbocycles. The maximum atomic E-state index is 12.2. The van der Waals surface area contributed by atoms with E-state index in [4.69, 9.17) is 4.74 Å². The van der Waals surface area contributed by atoms with Crippen molar-refractivity contribution < 1.29 is 9.53 Å². The van der Waals surface area contributed by atoms with Gasteiger partial charge < -0.3 is 10.1 Å². The number of carbonyl (C=O) groups is 1. The van der Waals surface area contributed by atoms with Gasteiger partial charge in [-0.15, -0.1) is 0 Å². The fraction of sp³-hybridized carbons (Fsp3) is 0.611. The van der Waals surface area contributed by atoms with Crippen molar-refractivity contribution in [1.29, 1.82) is 0 Å². The van der Waals surface area contributed by atoms with Gasteiger partial charge in [0.2, 0.25) is 0 Å². The molecule has 0 aromatic heterocycles. The monoisotopic (exact) mass is 289 g/mol. The fourth-order valence-electron chi connectivity index (χ4n) is 2.91. The van der Waals surface area contributed by atoms with E-state index in [-0.39, 0.29) is 11.9 Å². The average molecular weight is 289 g/mol. The minimum atomic E-state index is -0.445. The van der Waals surface area contributed by atoms with Gasteiger partial charge in [-0.05, 0) is 62.6 Å². The zero-order valence-corrected chi connectivity index (χ0v) is 13.4. The Labute approximate surface area is 128 Å². The Hall–Kier alpha value is -1.51. The Morgan fingerprint density at radius 2 is 1.95 bits per heavy atom. The minimum absolute atomic E-state index is 0.0166. The van der Waals surface area contributed by atoms with Gasteiger partial charge in [0, 0.05) is 6.04 Å². The summed E-state index contributed by atoms with van der Waals surface area (Å²) in [4.78, 5) is 12.2. The summed E-state index contributed by atoms with van der Waals surface area (Å²) in [6.45, 7) is 6.01. The summed E-state index contributed by atoms with van der Waals surface area (Å²) in [6, 6.07) is 6.44. The van der Waals surface area contributed by atoms with Crippen LogP contribution in [0, 0.1) is 0 Å². The Kier molecular flexibility index (Phi) is 5.66. The Balaban J connectivity index is 2.02. The molecule has 3 nitrogen and oxygen atoms in total. The van der Waals surface area contributed by atoms with Gasteiger partial charge in [0.05, 0.1) is 0 Å². The molecule has 0 spiro atoms. The van der Waals surface area contributed by atoms with Crippen LogP contribution >= 0.6 is 0 Å². The third-order valence-corrected chi connectivity index (χ3v) is 4.36. The molecule has 0 heterocycles. The molecule has 1 atom stereocenters. The Morgan fingerprint density at radius 3 is 2.67 bits per heavy atom. The van der Waals surface area contributed by atoms with Crippen LogP contribution in [0.15, 0.2) is 18.2 Å². The van der Waals surface area contributed by atoms with Crippen LogP contribution in [0.5, 0.6) is 5.75 Å². The van der Waals surface area contributed by atoms with Crippen LogP contribution in [-0.4, -0.2) is 18.1 Å². The number of carbonyl (C=O) groups excluding carboxylic acids is 1. The highest BCUT2D eigenvalue weighted by molar-refractivity contribution is 5.81. The smallest absolute Gasteiger partial charge is 0.260 e. The van der Waals surface area contributed by atoms with Gasteiger partial charge in [-0.25, -0.2) is 0 Å². The van der Waals surface area contributed by atoms with Gasteiger partial charge in [0.25, 0.3) is 5.91 Å². The normalized spacial score (nSPS) is 15.4. The van der Waals surface area contributed by atoms with E-state index in [2.05, 4.69) is 25.2 Å². The molecule has 1 aliphatic rings. The quantitative estimate of drug-likeness (QED) is 0.868. The number of hydrogen-bond donors (Lipinski definition) is 1. The first-order valence-electron chi connectivity index (χ1n) is 8.23. The van der Waals surface area contributed by atoms with E-state index in [1.807, 2.05) is 19.1 Å². The van der Waals surface area contributed by atoms with E-state index in [0.717, 1.165) is 31.4 Å². The zero-order chi connectivity index (χ0) is 15.2. The lowest BCUT2D eigenvalue weighted by atomic mass is 9.91.